The largest absolute Gasteiger partial charge is 0.497 e. The van der Waals surface area contributed by atoms with Crippen LogP contribution >= 0.6 is 0 Å². The summed E-state index contributed by atoms with van der Waals surface area (Å²) in [6, 6.07) is 12.0. The first kappa shape index (κ1) is 22.3. The van der Waals surface area contributed by atoms with E-state index < -0.39 is 10.0 Å². The van der Waals surface area contributed by atoms with E-state index in [4.69, 9.17) is 9.47 Å². The van der Waals surface area contributed by atoms with Crippen molar-refractivity contribution in [2.24, 2.45) is 0 Å². The Morgan fingerprint density at radius 3 is 2.43 bits per heavy atom. The first-order chi connectivity index (χ1) is 14.4. The molecule has 0 saturated carbocycles. The van der Waals surface area contributed by atoms with Gasteiger partial charge in [-0.3, -0.25) is 4.79 Å². The second-order valence-electron chi connectivity index (χ2n) is 7.20. The van der Waals surface area contributed by atoms with Crippen LogP contribution in [0.2, 0.25) is 0 Å². The van der Waals surface area contributed by atoms with Gasteiger partial charge in [0.05, 0.1) is 31.3 Å². The smallest absolute Gasteiger partial charge is 0.252 e. The summed E-state index contributed by atoms with van der Waals surface area (Å²) in [5.41, 5.74) is 2.04. The fourth-order valence-corrected chi connectivity index (χ4v) is 4.87. The fourth-order valence-electron chi connectivity index (χ4n) is 3.44. The molecule has 1 aliphatic heterocycles. The van der Waals surface area contributed by atoms with Gasteiger partial charge in [0.2, 0.25) is 10.0 Å². The van der Waals surface area contributed by atoms with E-state index in [-0.39, 0.29) is 16.8 Å². The van der Waals surface area contributed by atoms with Crippen molar-refractivity contribution in [3.05, 3.63) is 59.2 Å². The van der Waals surface area contributed by atoms with Crippen LogP contribution in [0, 0.1) is 6.92 Å². The summed E-state index contributed by atoms with van der Waals surface area (Å²) in [4.78, 5) is 13.1. The topological polar surface area (TPSA) is 84.9 Å². The molecule has 0 spiro atoms. The number of carbonyl (C=O) groups is 1. The number of carbonyl (C=O) groups excluding carboxylic acids is 1. The summed E-state index contributed by atoms with van der Waals surface area (Å²) < 4.78 is 37.8. The third-order valence-corrected chi connectivity index (χ3v) is 7.19. The lowest BCUT2D eigenvalue weighted by Crippen LogP contribution is -2.40. The normalized spacial score (nSPS) is 16.1. The predicted molar refractivity (Wildman–Crippen MR) is 114 cm³/mol. The second kappa shape index (κ2) is 9.59. The predicted octanol–water partition coefficient (Wildman–Crippen LogP) is 2.91. The van der Waals surface area contributed by atoms with Crippen LogP contribution in [0.3, 0.4) is 0 Å². The van der Waals surface area contributed by atoms with Gasteiger partial charge in [-0.2, -0.15) is 4.31 Å². The van der Waals surface area contributed by atoms with Crippen LogP contribution in [-0.4, -0.2) is 52.0 Å². The van der Waals surface area contributed by atoms with Gasteiger partial charge < -0.3 is 14.8 Å². The zero-order valence-corrected chi connectivity index (χ0v) is 18.4. The number of morpholine rings is 1. The molecule has 2 aromatic rings. The quantitative estimate of drug-likeness (QED) is 0.727. The number of aryl methyl sites for hydroxylation is 1. The summed E-state index contributed by atoms with van der Waals surface area (Å²) in [5.74, 6) is 0.450. The van der Waals surface area contributed by atoms with Gasteiger partial charge in [-0.05, 0) is 48.7 Å². The molecule has 0 unspecified atom stereocenters. The highest BCUT2D eigenvalue weighted by Crippen LogP contribution is 2.23. The Morgan fingerprint density at radius 2 is 1.83 bits per heavy atom. The van der Waals surface area contributed by atoms with Crippen LogP contribution in [0.25, 0.3) is 0 Å². The second-order valence-corrected chi connectivity index (χ2v) is 9.14. The van der Waals surface area contributed by atoms with E-state index in [1.807, 2.05) is 31.2 Å². The Labute approximate surface area is 178 Å². The summed E-state index contributed by atoms with van der Waals surface area (Å²) in [5, 5.41) is 3.03. The molecule has 8 heteroatoms. The molecule has 162 valence electrons. The molecule has 3 rings (SSSR count). The van der Waals surface area contributed by atoms with Gasteiger partial charge in [-0.1, -0.05) is 25.1 Å². The number of hydrogen-bond acceptors (Lipinski definition) is 5. The van der Waals surface area contributed by atoms with Gasteiger partial charge in [-0.15, -0.1) is 0 Å². The van der Waals surface area contributed by atoms with E-state index in [0.717, 1.165) is 16.9 Å². The van der Waals surface area contributed by atoms with E-state index in [1.165, 1.54) is 10.4 Å². The average Bonchev–Trinajstić information content (AvgIpc) is 2.78. The number of nitrogens with zero attached hydrogens (tertiary/aromatic N) is 1. The summed E-state index contributed by atoms with van der Waals surface area (Å²) in [6.45, 7) is 5.16. The number of sulfonamides is 1. The van der Waals surface area contributed by atoms with Crippen LogP contribution < -0.4 is 10.1 Å². The monoisotopic (exact) mass is 432 g/mol. The Bertz CT molecular complexity index is 983. The van der Waals surface area contributed by atoms with Crippen molar-refractivity contribution in [2.45, 2.75) is 31.2 Å². The maximum absolute atomic E-state index is 13.0. The van der Waals surface area contributed by atoms with Crippen LogP contribution in [0.15, 0.2) is 47.4 Å². The lowest BCUT2D eigenvalue weighted by Gasteiger charge is -2.26. The van der Waals surface area contributed by atoms with Gasteiger partial charge in [0.25, 0.3) is 5.91 Å². The van der Waals surface area contributed by atoms with Crippen molar-refractivity contribution in [2.75, 3.05) is 33.4 Å². The van der Waals surface area contributed by atoms with Crippen LogP contribution in [0.5, 0.6) is 5.75 Å². The Hall–Kier alpha value is -2.42. The molecule has 1 saturated heterocycles. The minimum atomic E-state index is -3.67. The summed E-state index contributed by atoms with van der Waals surface area (Å²) in [6.07, 6.45) is 0.697. The third-order valence-electron chi connectivity index (χ3n) is 5.29. The van der Waals surface area contributed by atoms with Crippen LogP contribution in [-0.2, 0) is 14.8 Å². The van der Waals surface area contributed by atoms with Crippen molar-refractivity contribution >= 4 is 15.9 Å². The lowest BCUT2D eigenvalue weighted by molar-refractivity contribution is 0.0730. The molecule has 1 N–H and O–H groups in total. The highest BCUT2D eigenvalue weighted by atomic mass is 32.2. The molecule has 30 heavy (non-hydrogen) atoms. The minimum Gasteiger partial charge on any atom is -0.497 e. The molecule has 1 atom stereocenters. The zero-order valence-electron chi connectivity index (χ0n) is 17.6. The molecule has 2 aromatic carbocycles. The molecule has 1 aliphatic rings. The molecule has 1 amide bonds. The highest BCUT2D eigenvalue weighted by molar-refractivity contribution is 7.89. The van der Waals surface area contributed by atoms with Gasteiger partial charge in [-0.25, -0.2) is 8.42 Å². The molecular weight excluding hydrogens is 404 g/mol. The van der Waals surface area contributed by atoms with Gasteiger partial charge in [0.1, 0.15) is 5.75 Å². The fraction of sp³-hybridized carbons (Fsp3) is 0.409. The third kappa shape index (κ3) is 4.83. The molecular formula is C22H28N2O5S. The zero-order chi connectivity index (χ0) is 21.7. The van der Waals surface area contributed by atoms with E-state index in [0.29, 0.717) is 38.3 Å². The minimum absolute atomic E-state index is 0.123. The first-order valence-corrected chi connectivity index (χ1v) is 11.4. The maximum atomic E-state index is 13.0. The number of benzene rings is 2. The Balaban J connectivity index is 1.83. The average molecular weight is 433 g/mol. The van der Waals surface area contributed by atoms with Crippen molar-refractivity contribution in [3.8, 4) is 5.75 Å². The maximum Gasteiger partial charge on any atom is 0.252 e. The van der Waals surface area contributed by atoms with Crippen molar-refractivity contribution in [3.63, 3.8) is 0 Å². The first-order valence-electron chi connectivity index (χ1n) is 10.00. The van der Waals surface area contributed by atoms with Gasteiger partial charge >= 0.3 is 0 Å². The number of hydrogen-bond donors (Lipinski definition) is 1. The highest BCUT2D eigenvalue weighted by Gasteiger charge is 2.27. The SMILES string of the molecule is CC[C@H](NC(=O)c1cc(S(=O)(=O)N2CCOCC2)ccc1C)c1ccc(OC)cc1. The van der Waals surface area contributed by atoms with Crippen LogP contribution in [0.4, 0.5) is 0 Å². The van der Waals surface area contributed by atoms with E-state index >= 15 is 0 Å². The van der Waals surface area contributed by atoms with E-state index in [1.54, 1.807) is 26.2 Å². The number of amides is 1. The standard InChI is InChI=1S/C22H28N2O5S/c1-4-21(17-6-8-18(28-3)9-7-17)23-22(25)20-15-19(10-5-16(20)2)30(26,27)24-11-13-29-14-12-24/h5-10,15,21H,4,11-14H2,1-3H3,(H,23,25)/t21-/m0/s1. The number of methoxy groups -OCH3 is 1. The molecule has 0 radical (unpaired) electrons. The van der Waals surface area contributed by atoms with E-state index in [9.17, 15) is 13.2 Å². The van der Waals surface area contributed by atoms with Crippen molar-refractivity contribution in [1.82, 2.24) is 9.62 Å². The molecule has 1 fully saturated rings. The molecule has 7 nitrogen and oxygen atoms in total. The molecule has 0 bridgehead atoms. The van der Waals surface area contributed by atoms with Crippen LogP contribution in [0.1, 0.15) is 40.9 Å². The van der Waals surface area contributed by atoms with Gasteiger partial charge in [0.15, 0.2) is 0 Å². The summed E-state index contributed by atoms with van der Waals surface area (Å²) in [7, 11) is -2.06. The van der Waals surface area contributed by atoms with Crippen molar-refractivity contribution in [1.29, 1.82) is 0 Å². The Morgan fingerprint density at radius 1 is 1.17 bits per heavy atom. The number of nitrogens with one attached hydrogen (secondary N) is 1. The lowest BCUT2D eigenvalue weighted by atomic mass is 10.0. The summed E-state index contributed by atoms with van der Waals surface area (Å²) >= 11 is 0. The number of rotatable bonds is 7. The molecule has 0 aromatic heterocycles. The van der Waals surface area contributed by atoms with Gasteiger partial charge in [0, 0.05) is 18.7 Å². The molecule has 1 heterocycles. The Kier molecular flexibility index (Phi) is 7.12. The number of ether oxygens (including phenoxy) is 2. The molecule has 0 aliphatic carbocycles. The van der Waals surface area contributed by atoms with E-state index in [2.05, 4.69) is 5.32 Å². The van der Waals surface area contributed by atoms with Crippen molar-refractivity contribution < 1.29 is 22.7 Å².